The van der Waals surface area contributed by atoms with Gasteiger partial charge in [0.15, 0.2) is 11.9 Å². The molecule has 1 unspecified atom stereocenters. The quantitative estimate of drug-likeness (QED) is 0.714. The first kappa shape index (κ1) is 19.8. The first-order valence-corrected chi connectivity index (χ1v) is 9.83. The molecule has 0 radical (unpaired) electrons. The van der Waals surface area contributed by atoms with Crippen LogP contribution in [-0.2, 0) is 17.8 Å². The highest BCUT2D eigenvalue weighted by Gasteiger charge is 2.28. The van der Waals surface area contributed by atoms with Crippen LogP contribution in [0.25, 0.3) is 11.5 Å². The van der Waals surface area contributed by atoms with Crippen LogP contribution in [-0.4, -0.2) is 43.4 Å². The summed E-state index contributed by atoms with van der Waals surface area (Å²) in [6, 6.07) is 5.76. The van der Waals surface area contributed by atoms with Gasteiger partial charge in [0.25, 0.3) is 11.5 Å². The van der Waals surface area contributed by atoms with Crippen LogP contribution in [0.5, 0.6) is 5.75 Å². The Morgan fingerprint density at radius 2 is 2.07 bits per heavy atom. The van der Waals surface area contributed by atoms with Gasteiger partial charge in [0, 0.05) is 25.4 Å². The first-order chi connectivity index (χ1) is 14.4. The molecule has 2 aromatic heterocycles. The molecule has 8 nitrogen and oxygen atoms in total. The van der Waals surface area contributed by atoms with Crippen molar-refractivity contribution in [2.75, 3.05) is 6.54 Å². The van der Waals surface area contributed by atoms with E-state index >= 15 is 0 Å². The zero-order valence-corrected chi connectivity index (χ0v) is 17.2. The number of amides is 1. The molecule has 0 saturated carbocycles. The number of benzene rings is 1. The molecule has 0 fully saturated rings. The van der Waals surface area contributed by atoms with E-state index in [4.69, 9.17) is 4.74 Å². The predicted octanol–water partition coefficient (Wildman–Crippen LogP) is 2.20. The minimum Gasteiger partial charge on any atom is -0.481 e. The van der Waals surface area contributed by atoms with Gasteiger partial charge in [0.1, 0.15) is 11.4 Å². The van der Waals surface area contributed by atoms with E-state index in [1.165, 1.54) is 5.56 Å². The van der Waals surface area contributed by atoms with E-state index in [1.807, 2.05) is 32.0 Å². The molecule has 3 aromatic rings. The van der Waals surface area contributed by atoms with Crippen LogP contribution < -0.4 is 10.3 Å². The molecule has 1 aromatic carbocycles. The Balaban J connectivity index is 1.50. The summed E-state index contributed by atoms with van der Waals surface area (Å²) in [7, 11) is 0. The number of hydrogen-bond acceptors (Lipinski definition) is 6. The van der Waals surface area contributed by atoms with Gasteiger partial charge < -0.3 is 14.6 Å². The molecule has 1 N–H and O–H groups in total. The molecular formula is C22H23N5O3. The number of nitrogens with zero attached hydrogens (tertiary/aromatic N) is 4. The Hall–Kier alpha value is -3.55. The van der Waals surface area contributed by atoms with Crippen LogP contribution in [0.4, 0.5) is 0 Å². The van der Waals surface area contributed by atoms with Gasteiger partial charge in [-0.3, -0.25) is 14.6 Å². The van der Waals surface area contributed by atoms with E-state index in [1.54, 1.807) is 30.4 Å². The fraction of sp³-hybridized carbons (Fsp3) is 0.318. The molecule has 8 heteroatoms. The van der Waals surface area contributed by atoms with E-state index in [0.717, 1.165) is 5.56 Å². The first-order valence-electron chi connectivity index (χ1n) is 9.83. The highest BCUT2D eigenvalue weighted by atomic mass is 16.5. The van der Waals surface area contributed by atoms with E-state index < -0.39 is 6.10 Å². The maximum absolute atomic E-state index is 12.9. The molecule has 4 rings (SSSR count). The molecule has 1 amide bonds. The van der Waals surface area contributed by atoms with Crippen molar-refractivity contribution in [2.45, 2.75) is 39.8 Å². The van der Waals surface area contributed by atoms with E-state index in [9.17, 15) is 9.59 Å². The SMILES string of the molecule is Cc1ccc(OC(C)C(=O)N2CCc3nc(-c4cnccn4)[nH]c(=O)c3C2)cc1C. The lowest BCUT2D eigenvalue weighted by molar-refractivity contribution is -0.138. The Morgan fingerprint density at radius 3 is 2.80 bits per heavy atom. The summed E-state index contributed by atoms with van der Waals surface area (Å²) in [5.74, 6) is 0.888. The van der Waals surface area contributed by atoms with Crippen molar-refractivity contribution in [1.29, 1.82) is 0 Å². The fourth-order valence-electron chi connectivity index (χ4n) is 3.45. The van der Waals surface area contributed by atoms with Crippen molar-refractivity contribution in [2.24, 2.45) is 0 Å². The summed E-state index contributed by atoms with van der Waals surface area (Å²) >= 11 is 0. The lowest BCUT2D eigenvalue weighted by Crippen LogP contribution is -2.45. The number of fused-ring (bicyclic) bond motifs is 1. The number of carbonyl (C=O) groups excluding carboxylic acids is 1. The lowest BCUT2D eigenvalue weighted by Gasteiger charge is -2.30. The number of aromatic nitrogens is 4. The predicted molar refractivity (Wildman–Crippen MR) is 111 cm³/mol. The third-order valence-corrected chi connectivity index (χ3v) is 5.33. The van der Waals surface area contributed by atoms with Crippen molar-refractivity contribution in [1.82, 2.24) is 24.8 Å². The minimum absolute atomic E-state index is 0.156. The van der Waals surface area contributed by atoms with Crippen LogP contribution in [0.15, 0.2) is 41.6 Å². The molecular weight excluding hydrogens is 382 g/mol. The van der Waals surface area contributed by atoms with Gasteiger partial charge in [-0.25, -0.2) is 9.97 Å². The van der Waals surface area contributed by atoms with E-state index in [-0.39, 0.29) is 18.0 Å². The molecule has 1 atom stereocenters. The Morgan fingerprint density at radius 1 is 1.23 bits per heavy atom. The molecule has 0 saturated heterocycles. The molecule has 30 heavy (non-hydrogen) atoms. The molecule has 1 aliphatic heterocycles. The third-order valence-electron chi connectivity index (χ3n) is 5.33. The minimum atomic E-state index is -0.653. The van der Waals surface area contributed by atoms with Gasteiger partial charge in [-0.1, -0.05) is 6.07 Å². The summed E-state index contributed by atoms with van der Waals surface area (Å²) < 4.78 is 5.85. The standard InChI is InChI=1S/C22H23N5O3/c1-13-4-5-16(10-14(13)2)30-15(3)22(29)27-9-6-18-17(12-27)21(28)26-20(25-18)19-11-23-7-8-24-19/h4-5,7-8,10-11,15H,6,9,12H2,1-3H3,(H,25,26,28). The van der Waals surface area contributed by atoms with Crippen LogP contribution in [0.2, 0.25) is 0 Å². The van der Waals surface area contributed by atoms with Crippen LogP contribution in [0.3, 0.4) is 0 Å². The second-order valence-corrected chi connectivity index (χ2v) is 7.45. The molecule has 154 valence electrons. The summed E-state index contributed by atoms with van der Waals surface area (Å²) in [5, 5.41) is 0. The second-order valence-electron chi connectivity index (χ2n) is 7.45. The van der Waals surface area contributed by atoms with Gasteiger partial charge in [0.2, 0.25) is 0 Å². The molecule has 0 aliphatic carbocycles. The Labute approximate surface area is 174 Å². The molecule has 1 aliphatic rings. The zero-order chi connectivity index (χ0) is 21.3. The monoisotopic (exact) mass is 405 g/mol. The maximum atomic E-state index is 12.9. The fourth-order valence-corrected chi connectivity index (χ4v) is 3.45. The molecule has 0 bridgehead atoms. The lowest BCUT2D eigenvalue weighted by atomic mass is 10.1. The number of aryl methyl sites for hydroxylation is 2. The van der Waals surface area contributed by atoms with Gasteiger partial charge in [-0.2, -0.15) is 0 Å². The van der Waals surface area contributed by atoms with Crippen molar-refractivity contribution in [3.05, 3.63) is 69.5 Å². The largest absolute Gasteiger partial charge is 0.481 e. The van der Waals surface area contributed by atoms with Crippen molar-refractivity contribution >= 4 is 5.91 Å². The van der Waals surface area contributed by atoms with Crippen LogP contribution >= 0.6 is 0 Å². The summed E-state index contributed by atoms with van der Waals surface area (Å²) in [6.45, 7) is 6.44. The average molecular weight is 405 g/mol. The van der Waals surface area contributed by atoms with Crippen molar-refractivity contribution < 1.29 is 9.53 Å². The molecule has 3 heterocycles. The van der Waals surface area contributed by atoms with Crippen molar-refractivity contribution in [3.63, 3.8) is 0 Å². The number of ether oxygens (including phenoxy) is 1. The highest BCUT2D eigenvalue weighted by Crippen LogP contribution is 2.21. The number of H-pyrrole nitrogens is 1. The Kier molecular flexibility index (Phi) is 5.31. The highest BCUT2D eigenvalue weighted by molar-refractivity contribution is 5.81. The summed E-state index contributed by atoms with van der Waals surface area (Å²) in [5.41, 5.74) is 3.70. The van der Waals surface area contributed by atoms with Crippen LogP contribution in [0.1, 0.15) is 29.3 Å². The topological polar surface area (TPSA) is 101 Å². The number of hydrogen-bond donors (Lipinski definition) is 1. The number of aromatic amines is 1. The van der Waals surface area contributed by atoms with E-state index in [2.05, 4.69) is 19.9 Å². The maximum Gasteiger partial charge on any atom is 0.263 e. The number of carbonyl (C=O) groups is 1. The van der Waals surface area contributed by atoms with Gasteiger partial charge in [0.05, 0.1) is 24.0 Å². The van der Waals surface area contributed by atoms with Crippen LogP contribution in [0, 0.1) is 13.8 Å². The second kappa shape index (κ2) is 8.06. The average Bonchev–Trinajstić information content (AvgIpc) is 2.76. The van der Waals surface area contributed by atoms with E-state index in [0.29, 0.717) is 41.5 Å². The van der Waals surface area contributed by atoms with Gasteiger partial charge in [-0.05, 0) is 44.0 Å². The Bertz CT molecular complexity index is 1140. The summed E-state index contributed by atoms with van der Waals surface area (Å²) in [4.78, 5) is 42.7. The molecule has 0 spiro atoms. The van der Waals surface area contributed by atoms with Gasteiger partial charge >= 0.3 is 0 Å². The number of nitrogens with one attached hydrogen (secondary N) is 1. The number of rotatable bonds is 4. The third kappa shape index (κ3) is 3.94. The van der Waals surface area contributed by atoms with Gasteiger partial charge in [-0.15, -0.1) is 0 Å². The van der Waals surface area contributed by atoms with Crippen molar-refractivity contribution in [3.8, 4) is 17.3 Å². The summed E-state index contributed by atoms with van der Waals surface area (Å²) in [6.07, 6.45) is 4.50. The normalized spacial score (nSPS) is 14.2. The smallest absolute Gasteiger partial charge is 0.263 e. The zero-order valence-electron chi connectivity index (χ0n) is 17.2.